The molecule has 0 saturated carbocycles. The van der Waals surface area contributed by atoms with Gasteiger partial charge in [0, 0.05) is 30.9 Å². The van der Waals surface area contributed by atoms with E-state index >= 15 is 0 Å². The van der Waals surface area contributed by atoms with Gasteiger partial charge in [0.25, 0.3) is 0 Å². The number of aromatic nitrogens is 2. The van der Waals surface area contributed by atoms with E-state index < -0.39 is 0 Å². The molecule has 1 aromatic heterocycles. The second-order valence-electron chi connectivity index (χ2n) is 8.47. The van der Waals surface area contributed by atoms with E-state index in [1.54, 1.807) is 7.11 Å². The third-order valence-corrected chi connectivity index (χ3v) is 6.20. The molecular formula is C27H32N4O2. The number of benzene rings is 2. The number of nitrogens with zero attached hydrogens (tertiary/aromatic N) is 4. The molecule has 2 aromatic carbocycles. The number of amides is 1. The van der Waals surface area contributed by atoms with Crippen LogP contribution in [0.4, 0.5) is 11.5 Å². The highest BCUT2D eigenvalue weighted by Crippen LogP contribution is 2.27. The largest absolute Gasteiger partial charge is 0.497 e. The number of hydrogen-bond acceptors (Lipinski definition) is 5. The predicted octanol–water partition coefficient (Wildman–Crippen LogP) is 5.20. The second kappa shape index (κ2) is 10.9. The maximum Gasteiger partial charge on any atom is 0.231 e. The van der Waals surface area contributed by atoms with Crippen molar-refractivity contribution in [3.05, 3.63) is 66.7 Å². The molecule has 0 radical (unpaired) electrons. The summed E-state index contributed by atoms with van der Waals surface area (Å²) >= 11 is 0. The number of piperidine rings is 1. The van der Waals surface area contributed by atoms with Gasteiger partial charge in [-0.25, -0.2) is 0 Å². The molecule has 33 heavy (non-hydrogen) atoms. The van der Waals surface area contributed by atoms with Crippen molar-refractivity contribution in [2.45, 2.75) is 32.6 Å². The molecule has 6 nitrogen and oxygen atoms in total. The van der Waals surface area contributed by atoms with Crippen LogP contribution in [0.5, 0.6) is 5.75 Å². The van der Waals surface area contributed by atoms with E-state index in [0.717, 1.165) is 67.3 Å². The van der Waals surface area contributed by atoms with E-state index in [9.17, 15) is 4.79 Å². The van der Waals surface area contributed by atoms with Crippen molar-refractivity contribution in [1.82, 2.24) is 10.2 Å². The Kier molecular flexibility index (Phi) is 7.55. The van der Waals surface area contributed by atoms with Gasteiger partial charge in [0.1, 0.15) is 5.75 Å². The Balaban J connectivity index is 1.46. The molecule has 2 heterocycles. The van der Waals surface area contributed by atoms with Gasteiger partial charge in [-0.05, 0) is 67.8 Å². The fourth-order valence-corrected chi connectivity index (χ4v) is 4.31. The molecule has 1 unspecified atom stereocenters. The van der Waals surface area contributed by atoms with Gasteiger partial charge in [-0.2, -0.15) is 0 Å². The number of hydrogen-bond donors (Lipinski definition) is 0. The van der Waals surface area contributed by atoms with Crippen molar-refractivity contribution in [1.29, 1.82) is 0 Å². The summed E-state index contributed by atoms with van der Waals surface area (Å²) in [5, 5.41) is 8.93. The second-order valence-corrected chi connectivity index (χ2v) is 8.47. The summed E-state index contributed by atoms with van der Waals surface area (Å²) < 4.78 is 5.23. The predicted molar refractivity (Wildman–Crippen MR) is 133 cm³/mol. The van der Waals surface area contributed by atoms with Crippen molar-refractivity contribution in [2.24, 2.45) is 5.92 Å². The van der Waals surface area contributed by atoms with Gasteiger partial charge in [-0.3, -0.25) is 4.79 Å². The minimum Gasteiger partial charge on any atom is -0.497 e. The van der Waals surface area contributed by atoms with E-state index in [-0.39, 0.29) is 11.8 Å². The summed E-state index contributed by atoms with van der Waals surface area (Å²) in [5.41, 5.74) is 2.80. The molecule has 172 valence electrons. The zero-order valence-corrected chi connectivity index (χ0v) is 19.5. The highest BCUT2D eigenvalue weighted by atomic mass is 16.5. The molecule has 1 atom stereocenters. The zero-order valence-electron chi connectivity index (χ0n) is 19.5. The number of carbonyl (C=O) groups is 1. The smallest absolute Gasteiger partial charge is 0.231 e. The Morgan fingerprint density at radius 2 is 1.85 bits per heavy atom. The lowest BCUT2D eigenvalue weighted by Gasteiger charge is -2.35. The quantitative estimate of drug-likeness (QED) is 0.478. The van der Waals surface area contributed by atoms with Crippen LogP contribution in [0.15, 0.2) is 66.7 Å². The van der Waals surface area contributed by atoms with Crippen LogP contribution in [0, 0.1) is 5.92 Å². The lowest BCUT2D eigenvalue weighted by Crippen LogP contribution is -2.45. The van der Waals surface area contributed by atoms with Crippen LogP contribution in [0.25, 0.3) is 11.3 Å². The molecule has 1 saturated heterocycles. The normalized spacial score (nSPS) is 15.8. The summed E-state index contributed by atoms with van der Waals surface area (Å²) in [6.07, 6.45) is 3.93. The van der Waals surface area contributed by atoms with Gasteiger partial charge in [0.05, 0.1) is 18.7 Å². The van der Waals surface area contributed by atoms with Crippen molar-refractivity contribution >= 4 is 17.4 Å². The van der Waals surface area contributed by atoms with E-state index in [1.165, 1.54) is 0 Å². The molecule has 0 N–H and O–H groups in total. The lowest BCUT2D eigenvalue weighted by molar-refractivity contribution is -0.122. The first-order valence-electron chi connectivity index (χ1n) is 11.8. The minimum atomic E-state index is -0.0427. The Morgan fingerprint density at radius 1 is 1.06 bits per heavy atom. The van der Waals surface area contributed by atoms with E-state index in [4.69, 9.17) is 4.74 Å². The number of unbranched alkanes of at least 4 members (excludes halogenated alkanes) is 1. The molecule has 6 heteroatoms. The first kappa shape index (κ1) is 22.8. The Morgan fingerprint density at radius 3 is 2.52 bits per heavy atom. The Hall–Kier alpha value is -3.41. The summed E-state index contributed by atoms with van der Waals surface area (Å²) in [4.78, 5) is 17.7. The third-order valence-electron chi connectivity index (χ3n) is 6.20. The van der Waals surface area contributed by atoms with Crippen LogP contribution in [-0.4, -0.2) is 42.8 Å². The first-order chi connectivity index (χ1) is 16.2. The van der Waals surface area contributed by atoms with Crippen LogP contribution < -0.4 is 14.5 Å². The van der Waals surface area contributed by atoms with Crippen LogP contribution in [-0.2, 0) is 4.79 Å². The molecule has 1 amide bonds. The highest BCUT2D eigenvalue weighted by molar-refractivity contribution is 5.95. The average Bonchev–Trinajstić information content (AvgIpc) is 2.89. The average molecular weight is 445 g/mol. The topological polar surface area (TPSA) is 58.6 Å². The monoisotopic (exact) mass is 444 g/mol. The first-order valence-corrected chi connectivity index (χ1v) is 11.8. The van der Waals surface area contributed by atoms with Crippen LogP contribution in [0.1, 0.15) is 32.6 Å². The zero-order chi connectivity index (χ0) is 23.0. The SMILES string of the molecule is CCCCN(C(=O)C1CCCN(c2ccc(-c3ccc(OC)cc3)nn2)C1)c1ccccc1. The standard InChI is InChI=1S/C27H32N4O2/c1-3-4-19-31(23-10-6-5-7-11-23)27(32)22-9-8-18-30(20-22)26-17-16-25(28-29-26)21-12-14-24(33-2)15-13-21/h5-7,10-17,22H,3-4,8-9,18-20H2,1-2H3. The van der Waals surface area contributed by atoms with Gasteiger partial charge >= 0.3 is 0 Å². The number of ether oxygens (including phenoxy) is 1. The van der Waals surface area contributed by atoms with Crippen molar-refractivity contribution < 1.29 is 9.53 Å². The fraction of sp³-hybridized carbons (Fsp3) is 0.370. The number of anilines is 2. The van der Waals surface area contributed by atoms with Gasteiger partial charge < -0.3 is 14.5 Å². The van der Waals surface area contributed by atoms with Crippen LogP contribution in [0.2, 0.25) is 0 Å². The minimum absolute atomic E-state index is 0.0427. The highest BCUT2D eigenvalue weighted by Gasteiger charge is 2.30. The van der Waals surface area contributed by atoms with Crippen molar-refractivity contribution in [3.8, 4) is 17.0 Å². The maximum absolute atomic E-state index is 13.5. The molecule has 3 aromatic rings. The summed E-state index contributed by atoms with van der Waals surface area (Å²) in [5.74, 6) is 1.81. The van der Waals surface area contributed by atoms with Crippen LogP contribution in [0.3, 0.4) is 0 Å². The summed E-state index contributed by atoms with van der Waals surface area (Å²) in [6, 6.07) is 21.8. The fourth-order valence-electron chi connectivity index (χ4n) is 4.31. The molecule has 4 rings (SSSR count). The molecule has 1 aliphatic rings. The lowest BCUT2D eigenvalue weighted by atomic mass is 9.96. The number of para-hydroxylation sites is 1. The third kappa shape index (κ3) is 5.51. The van der Waals surface area contributed by atoms with E-state index in [0.29, 0.717) is 6.54 Å². The number of rotatable bonds is 8. The Bertz CT molecular complexity index is 1020. The van der Waals surface area contributed by atoms with Crippen molar-refractivity contribution in [2.75, 3.05) is 36.5 Å². The van der Waals surface area contributed by atoms with E-state index in [2.05, 4.69) is 22.0 Å². The van der Waals surface area contributed by atoms with Crippen molar-refractivity contribution in [3.63, 3.8) is 0 Å². The van der Waals surface area contributed by atoms with E-state index in [1.807, 2.05) is 71.6 Å². The molecule has 0 aliphatic carbocycles. The molecular weight excluding hydrogens is 412 g/mol. The van der Waals surface area contributed by atoms with Gasteiger partial charge in [-0.1, -0.05) is 31.5 Å². The number of methoxy groups -OCH3 is 1. The van der Waals surface area contributed by atoms with Crippen LogP contribution >= 0.6 is 0 Å². The summed E-state index contributed by atoms with van der Waals surface area (Å²) in [7, 11) is 1.66. The molecule has 1 aliphatic heterocycles. The van der Waals surface area contributed by atoms with Gasteiger partial charge in [-0.15, -0.1) is 10.2 Å². The van der Waals surface area contributed by atoms with Gasteiger partial charge in [0.2, 0.25) is 5.91 Å². The Labute approximate surface area is 196 Å². The number of carbonyl (C=O) groups excluding carboxylic acids is 1. The maximum atomic E-state index is 13.5. The molecule has 1 fully saturated rings. The van der Waals surface area contributed by atoms with Gasteiger partial charge in [0.15, 0.2) is 5.82 Å². The summed E-state index contributed by atoms with van der Waals surface area (Å²) in [6.45, 7) is 4.47. The molecule has 0 spiro atoms. The molecule has 0 bridgehead atoms.